The van der Waals surface area contributed by atoms with Crippen molar-refractivity contribution in [2.24, 2.45) is 16.8 Å². The van der Waals surface area contributed by atoms with E-state index >= 15 is 0 Å². The van der Waals surface area contributed by atoms with E-state index in [4.69, 9.17) is 0 Å². The smallest absolute Gasteiger partial charge is 0.223 e. The van der Waals surface area contributed by atoms with Crippen molar-refractivity contribution in [1.29, 1.82) is 0 Å². The lowest BCUT2D eigenvalue weighted by molar-refractivity contribution is -0.122. The van der Waals surface area contributed by atoms with E-state index in [0.717, 1.165) is 31.1 Å². The molecule has 0 aliphatic heterocycles. The van der Waals surface area contributed by atoms with E-state index in [2.05, 4.69) is 41.7 Å². The Morgan fingerprint density at radius 3 is 2.32 bits per heavy atom. The summed E-state index contributed by atoms with van der Waals surface area (Å²) in [5.74, 6) is 2.06. The average Bonchev–Trinajstić information content (AvgIpc) is 3.25. The van der Waals surface area contributed by atoms with E-state index in [9.17, 15) is 4.79 Å². The molecule has 1 fully saturated rings. The van der Waals surface area contributed by atoms with Crippen molar-refractivity contribution in [2.75, 3.05) is 20.1 Å². The lowest BCUT2D eigenvalue weighted by Gasteiger charge is -2.18. The largest absolute Gasteiger partial charge is 0.355 e. The Labute approximate surface area is 152 Å². The molecule has 22 heavy (non-hydrogen) atoms. The fourth-order valence-electron chi connectivity index (χ4n) is 2.19. The van der Waals surface area contributed by atoms with Crippen molar-refractivity contribution in [3.8, 4) is 0 Å². The van der Waals surface area contributed by atoms with Crippen LogP contribution in [0.2, 0.25) is 0 Å². The van der Waals surface area contributed by atoms with E-state index in [1.165, 1.54) is 12.8 Å². The first-order valence-electron chi connectivity index (χ1n) is 8.27. The average molecular weight is 424 g/mol. The number of rotatable bonds is 9. The third kappa shape index (κ3) is 10.2. The molecule has 130 valence electrons. The van der Waals surface area contributed by atoms with Crippen LogP contribution in [0.3, 0.4) is 0 Å². The third-order valence-corrected chi connectivity index (χ3v) is 3.69. The molecule has 1 saturated carbocycles. The molecule has 0 spiro atoms. The van der Waals surface area contributed by atoms with Crippen LogP contribution in [-0.2, 0) is 4.79 Å². The van der Waals surface area contributed by atoms with E-state index in [1.54, 1.807) is 7.05 Å². The summed E-state index contributed by atoms with van der Waals surface area (Å²) < 4.78 is 0. The van der Waals surface area contributed by atoms with Crippen molar-refractivity contribution in [3.63, 3.8) is 0 Å². The normalized spacial score (nSPS) is 16.0. The first-order chi connectivity index (χ1) is 10.0. The van der Waals surface area contributed by atoms with Gasteiger partial charge in [-0.25, -0.2) is 0 Å². The summed E-state index contributed by atoms with van der Waals surface area (Å²) >= 11 is 0. The standard InChI is InChI=1S/C16H32N4O.HI/c1-12(2)6-5-7-13(3)20-16(17-4)19-11-10-18-15(21)14-8-9-14;/h12-14H,5-11H2,1-4H3,(H,18,21)(H2,17,19,20);1H. The molecule has 1 rings (SSSR count). The van der Waals surface area contributed by atoms with E-state index < -0.39 is 0 Å². The molecule has 5 nitrogen and oxygen atoms in total. The monoisotopic (exact) mass is 424 g/mol. The zero-order valence-corrected chi connectivity index (χ0v) is 16.8. The lowest BCUT2D eigenvalue weighted by atomic mass is 10.0. The maximum atomic E-state index is 11.5. The molecule has 0 saturated heterocycles. The van der Waals surface area contributed by atoms with Crippen LogP contribution in [-0.4, -0.2) is 38.0 Å². The van der Waals surface area contributed by atoms with Crippen LogP contribution < -0.4 is 16.0 Å². The van der Waals surface area contributed by atoms with Gasteiger partial charge in [-0.2, -0.15) is 0 Å². The first kappa shape index (κ1) is 21.5. The van der Waals surface area contributed by atoms with Gasteiger partial charge in [-0.05, 0) is 32.1 Å². The first-order valence-corrected chi connectivity index (χ1v) is 8.27. The summed E-state index contributed by atoms with van der Waals surface area (Å²) in [7, 11) is 1.78. The van der Waals surface area contributed by atoms with Crippen LogP contribution in [0.4, 0.5) is 0 Å². The highest BCUT2D eigenvalue weighted by molar-refractivity contribution is 14.0. The Morgan fingerprint density at radius 1 is 1.14 bits per heavy atom. The summed E-state index contributed by atoms with van der Waals surface area (Å²) in [5, 5.41) is 9.57. The summed E-state index contributed by atoms with van der Waals surface area (Å²) in [6.07, 6.45) is 5.76. The number of halogens is 1. The quantitative estimate of drug-likeness (QED) is 0.231. The summed E-state index contributed by atoms with van der Waals surface area (Å²) in [4.78, 5) is 15.7. The summed E-state index contributed by atoms with van der Waals surface area (Å²) in [5.41, 5.74) is 0. The van der Waals surface area contributed by atoms with Gasteiger partial charge in [-0.3, -0.25) is 9.79 Å². The Bertz CT molecular complexity index is 343. The van der Waals surface area contributed by atoms with Crippen LogP contribution >= 0.6 is 24.0 Å². The van der Waals surface area contributed by atoms with Gasteiger partial charge in [0.05, 0.1) is 0 Å². The molecule has 0 aromatic carbocycles. The zero-order valence-electron chi connectivity index (χ0n) is 14.4. The van der Waals surface area contributed by atoms with Gasteiger partial charge in [0, 0.05) is 32.1 Å². The number of aliphatic imine (C=N–C) groups is 1. The second kappa shape index (κ2) is 12.0. The number of nitrogens with one attached hydrogen (secondary N) is 3. The highest BCUT2D eigenvalue weighted by Gasteiger charge is 2.28. The van der Waals surface area contributed by atoms with Gasteiger partial charge in [-0.15, -0.1) is 24.0 Å². The number of guanidine groups is 1. The van der Waals surface area contributed by atoms with Gasteiger partial charge in [-0.1, -0.05) is 26.7 Å². The fraction of sp³-hybridized carbons (Fsp3) is 0.875. The Balaban J connectivity index is 0.00000441. The fourth-order valence-corrected chi connectivity index (χ4v) is 2.19. The minimum atomic E-state index is 0. The van der Waals surface area contributed by atoms with E-state index in [1.807, 2.05) is 0 Å². The Hall–Kier alpha value is -0.530. The molecule has 0 heterocycles. The molecule has 1 unspecified atom stereocenters. The molecule has 1 amide bonds. The minimum absolute atomic E-state index is 0. The van der Waals surface area contributed by atoms with Crippen molar-refractivity contribution in [3.05, 3.63) is 0 Å². The predicted molar refractivity (Wildman–Crippen MR) is 104 cm³/mol. The second-order valence-electron chi connectivity index (χ2n) is 6.43. The molecule has 3 N–H and O–H groups in total. The third-order valence-electron chi connectivity index (χ3n) is 3.69. The number of hydrogen-bond donors (Lipinski definition) is 3. The van der Waals surface area contributed by atoms with Crippen molar-refractivity contribution < 1.29 is 4.79 Å². The van der Waals surface area contributed by atoms with Crippen molar-refractivity contribution in [2.45, 2.75) is 58.9 Å². The summed E-state index contributed by atoms with van der Waals surface area (Å²) in [6, 6.07) is 0.413. The van der Waals surface area contributed by atoms with Crippen LogP contribution in [0, 0.1) is 11.8 Å². The number of carbonyl (C=O) groups excluding carboxylic acids is 1. The zero-order chi connectivity index (χ0) is 15.7. The molecule has 1 aliphatic carbocycles. The number of nitrogens with zero attached hydrogens (tertiary/aromatic N) is 1. The highest BCUT2D eigenvalue weighted by Crippen LogP contribution is 2.28. The van der Waals surface area contributed by atoms with Gasteiger partial charge < -0.3 is 16.0 Å². The maximum Gasteiger partial charge on any atom is 0.223 e. The molecule has 0 radical (unpaired) electrons. The predicted octanol–water partition coefficient (Wildman–Crippen LogP) is 2.51. The molecule has 0 bridgehead atoms. The van der Waals surface area contributed by atoms with Crippen LogP contribution in [0.25, 0.3) is 0 Å². The van der Waals surface area contributed by atoms with Crippen LogP contribution in [0.5, 0.6) is 0 Å². The Kier molecular flexibility index (Phi) is 11.7. The van der Waals surface area contributed by atoms with E-state index in [0.29, 0.717) is 19.1 Å². The molecule has 6 heteroatoms. The van der Waals surface area contributed by atoms with Crippen LogP contribution in [0.15, 0.2) is 4.99 Å². The SMILES string of the molecule is CN=C(NCCNC(=O)C1CC1)NC(C)CCCC(C)C.I. The van der Waals surface area contributed by atoms with Gasteiger partial charge in [0.25, 0.3) is 0 Å². The molecule has 1 aliphatic rings. The molecule has 0 aromatic heterocycles. The van der Waals surface area contributed by atoms with E-state index in [-0.39, 0.29) is 35.8 Å². The molecular weight excluding hydrogens is 391 g/mol. The maximum absolute atomic E-state index is 11.5. The highest BCUT2D eigenvalue weighted by atomic mass is 127. The van der Waals surface area contributed by atoms with Crippen molar-refractivity contribution >= 4 is 35.8 Å². The van der Waals surface area contributed by atoms with Crippen LogP contribution in [0.1, 0.15) is 52.9 Å². The van der Waals surface area contributed by atoms with Crippen molar-refractivity contribution in [1.82, 2.24) is 16.0 Å². The molecule has 1 atom stereocenters. The van der Waals surface area contributed by atoms with Gasteiger partial charge in [0.15, 0.2) is 5.96 Å². The van der Waals surface area contributed by atoms with Gasteiger partial charge in [0.2, 0.25) is 5.91 Å². The number of hydrogen-bond acceptors (Lipinski definition) is 2. The van der Waals surface area contributed by atoms with Gasteiger partial charge >= 0.3 is 0 Å². The molecular formula is C16H33IN4O. The molecule has 0 aromatic rings. The van der Waals surface area contributed by atoms with Gasteiger partial charge in [0.1, 0.15) is 0 Å². The number of amides is 1. The Morgan fingerprint density at radius 2 is 1.77 bits per heavy atom. The summed E-state index contributed by atoms with van der Waals surface area (Å²) in [6.45, 7) is 8.06. The second-order valence-corrected chi connectivity index (χ2v) is 6.43. The number of carbonyl (C=O) groups is 1. The topological polar surface area (TPSA) is 65.5 Å². The minimum Gasteiger partial charge on any atom is -0.355 e. The lowest BCUT2D eigenvalue weighted by Crippen LogP contribution is -2.45.